The molecule has 3 heterocycles. The molecule has 4 aromatic rings. The minimum absolute atomic E-state index is 0.00296. The van der Waals surface area contributed by atoms with Gasteiger partial charge in [-0.1, -0.05) is 29.8 Å². The number of hydrogen-bond acceptors (Lipinski definition) is 5. The fraction of sp³-hybridized carbons (Fsp3) is 0.0909. The molecular weight excluding hydrogens is 427 g/mol. The second kappa shape index (κ2) is 8.69. The summed E-state index contributed by atoms with van der Waals surface area (Å²) < 4.78 is 40.6. The third kappa shape index (κ3) is 4.97. The Morgan fingerprint density at radius 3 is 2.45 bits per heavy atom. The van der Waals surface area contributed by atoms with Gasteiger partial charge in [-0.15, -0.1) is 0 Å². The number of benzene rings is 1. The molecular formula is C22H15ClF3N5. The van der Waals surface area contributed by atoms with Gasteiger partial charge in [-0.05, 0) is 42.0 Å². The van der Waals surface area contributed by atoms with E-state index in [0.29, 0.717) is 16.3 Å². The van der Waals surface area contributed by atoms with Crippen molar-refractivity contribution in [3.8, 4) is 11.4 Å². The van der Waals surface area contributed by atoms with E-state index in [1.807, 2.05) is 6.07 Å². The lowest BCUT2D eigenvalue weighted by atomic mass is 10.0. The van der Waals surface area contributed by atoms with Gasteiger partial charge >= 0.3 is 6.18 Å². The van der Waals surface area contributed by atoms with E-state index in [-0.39, 0.29) is 11.6 Å². The Labute approximate surface area is 181 Å². The maximum Gasteiger partial charge on any atom is 0.433 e. The first-order chi connectivity index (χ1) is 14.9. The van der Waals surface area contributed by atoms with Gasteiger partial charge in [-0.3, -0.25) is 9.97 Å². The van der Waals surface area contributed by atoms with Gasteiger partial charge in [0.15, 0.2) is 11.5 Å². The van der Waals surface area contributed by atoms with Crippen LogP contribution in [0.15, 0.2) is 79.3 Å². The molecule has 5 nitrogen and oxygen atoms in total. The predicted molar refractivity (Wildman–Crippen MR) is 111 cm³/mol. The molecule has 0 saturated heterocycles. The molecule has 0 aliphatic heterocycles. The molecule has 9 heteroatoms. The predicted octanol–water partition coefficient (Wildman–Crippen LogP) is 5.81. The van der Waals surface area contributed by atoms with Gasteiger partial charge in [0.1, 0.15) is 5.82 Å². The molecule has 0 amide bonds. The average Bonchev–Trinajstić information content (AvgIpc) is 2.78. The highest BCUT2D eigenvalue weighted by atomic mass is 35.5. The average molecular weight is 442 g/mol. The molecule has 1 unspecified atom stereocenters. The third-order valence-electron chi connectivity index (χ3n) is 4.39. The van der Waals surface area contributed by atoms with E-state index in [1.54, 1.807) is 54.7 Å². The zero-order valence-corrected chi connectivity index (χ0v) is 16.6. The normalized spacial score (nSPS) is 12.4. The van der Waals surface area contributed by atoms with Gasteiger partial charge in [0, 0.05) is 35.2 Å². The topological polar surface area (TPSA) is 63.6 Å². The number of nitrogens with one attached hydrogen (secondary N) is 1. The lowest BCUT2D eigenvalue weighted by molar-refractivity contribution is -0.141. The highest BCUT2D eigenvalue weighted by Crippen LogP contribution is 2.33. The van der Waals surface area contributed by atoms with E-state index in [4.69, 9.17) is 11.6 Å². The number of hydrogen-bond donors (Lipinski definition) is 1. The van der Waals surface area contributed by atoms with Crippen LogP contribution in [0.4, 0.5) is 19.0 Å². The van der Waals surface area contributed by atoms with E-state index >= 15 is 0 Å². The van der Waals surface area contributed by atoms with E-state index in [1.165, 1.54) is 12.4 Å². The lowest BCUT2D eigenvalue weighted by Gasteiger charge is -2.21. The fourth-order valence-electron chi connectivity index (χ4n) is 3.00. The van der Waals surface area contributed by atoms with Gasteiger partial charge in [0.2, 0.25) is 0 Å². The maximum atomic E-state index is 13.5. The highest BCUT2D eigenvalue weighted by molar-refractivity contribution is 6.30. The first-order valence-corrected chi connectivity index (χ1v) is 9.57. The molecule has 1 aromatic carbocycles. The molecule has 0 saturated carbocycles. The van der Waals surface area contributed by atoms with Crippen LogP contribution in [0.2, 0.25) is 5.02 Å². The number of pyridine rings is 2. The summed E-state index contributed by atoms with van der Waals surface area (Å²) in [5, 5.41) is 3.56. The summed E-state index contributed by atoms with van der Waals surface area (Å²) in [5.41, 5.74) is 0.629. The van der Waals surface area contributed by atoms with Crippen molar-refractivity contribution >= 4 is 17.4 Å². The van der Waals surface area contributed by atoms with Gasteiger partial charge in [-0.25, -0.2) is 9.97 Å². The maximum absolute atomic E-state index is 13.5. The van der Waals surface area contributed by atoms with Gasteiger partial charge in [0.05, 0.1) is 11.7 Å². The molecule has 3 aromatic heterocycles. The van der Waals surface area contributed by atoms with Gasteiger partial charge in [-0.2, -0.15) is 13.2 Å². The van der Waals surface area contributed by atoms with Crippen LogP contribution in [0, 0.1) is 0 Å². The number of anilines is 1. The number of rotatable bonds is 5. The molecule has 0 radical (unpaired) electrons. The lowest BCUT2D eigenvalue weighted by Crippen LogP contribution is -2.17. The van der Waals surface area contributed by atoms with Crippen molar-refractivity contribution in [2.45, 2.75) is 12.2 Å². The van der Waals surface area contributed by atoms with Crippen LogP contribution in [-0.2, 0) is 6.18 Å². The van der Waals surface area contributed by atoms with Crippen LogP contribution in [-0.4, -0.2) is 19.9 Å². The van der Waals surface area contributed by atoms with Crippen molar-refractivity contribution in [2.75, 3.05) is 5.32 Å². The summed E-state index contributed by atoms with van der Waals surface area (Å²) in [6.07, 6.45) is -0.109. The van der Waals surface area contributed by atoms with Crippen LogP contribution >= 0.6 is 11.6 Å². The summed E-state index contributed by atoms with van der Waals surface area (Å²) in [6, 6.07) is 15.8. The molecule has 1 N–H and O–H groups in total. The summed E-state index contributed by atoms with van der Waals surface area (Å²) in [7, 11) is 0. The van der Waals surface area contributed by atoms with E-state index in [9.17, 15) is 13.2 Å². The molecule has 0 bridgehead atoms. The largest absolute Gasteiger partial charge is 0.433 e. The zero-order chi connectivity index (χ0) is 21.8. The quantitative estimate of drug-likeness (QED) is 0.423. The molecule has 0 spiro atoms. The standard InChI is InChI=1S/C22H15ClF3N5/c23-16-7-3-5-14(11-16)20(17-8-1-2-10-28-17)30-19-12-18(22(24,25)26)29-21(31-19)15-6-4-9-27-13-15/h1-13,20H,(H,29,30,31). The molecule has 4 rings (SSSR count). The first-order valence-electron chi connectivity index (χ1n) is 9.20. The Balaban J connectivity index is 1.81. The molecule has 0 aliphatic carbocycles. The zero-order valence-electron chi connectivity index (χ0n) is 15.9. The first kappa shape index (κ1) is 20.7. The van der Waals surface area contributed by atoms with Crippen LogP contribution in [0.1, 0.15) is 23.0 Å². The van der Waals surface area contributed by atoms with Crippen LogP contribution < -0.4 is 5.32 Å². The highest BCUT2D eigenvalue weighted by Gasteiger charge is 2.34. The van der Waals surface area contributed by atoms with Gasteiger partial charge < -0.3 is 5.32 Å². The molecule has 156 valence electrons. The summed E-state index contributed by atoms with van der Waals surface area (Å²) in [6.45, 7) is 0. The molecule has 0 aliphatic rings. The fourth-order valence-corrected chi connectivity index (χ4v) is 3.20. The van der Waals surface area contributed by atoms with E-state index in [0.717, 1.165) is 11.6 Å². The number of halogens is 4. The minimum atomic E-state index is -4.65. The molecule has 31 heavy (non-hydrogen) atoms. The van der Waals surface area contributed by atoms with Crippen LogP contribution in [0.25, 0.3) is 11.4 Å². The van der Waals surface area contributed by atoms with Gasteiger partial charge in [0.25, 0.3) is 0 Å². The summed E-state index contributed by atoms with van der Waals surface area (Å²) >= 11 is 6.14. The summed E-state index contributed by atoms with van der Waals surface area (Å²) in [4.78, 5) is 16.3. The SMILES string of the molecule is FC(F)(F)c1cc(NC(c2cccc(Cl)c2)c2ccccn2)nc(-c2cccnc2)n1. The Morgan fingerprint density at radius 1 is 0.903 bits per heavy atom. The Morgan fingerprint density at radius 2 is 1.77 bits per heavy atom. The van der Waals surface area contributed by atoms with Crippen molar-refractivity contribution in [1.29, 1.82) is 0 Å². The number of aromatic nitrogens is 4. The molecule has 0 fully saturated rings. The van der Waals surface area contributed by atoms with E-state index < -0.39 is 17.9 Å². The Hall–Kier alpha value is -3.52. The Kier molecular flexibility index (Phi) is 5.81. The minimum Gasteiger partial charge on any atom is -0.357 e. The van der Waals surface area contributed by atoms with Crippen molar-refractivity contribution in [1.82, 2.24) is 19.9 Å². The smallest absolute Gasteiger partial charge is 0.357 e. The number of nitrogens with zero attached hydrogens (tertiary/aromatic N) is 4. The van der Waals surface area contributed by atoms with Crippen molar-refractivity contribution in [3.63, 3.8) is 0 Å². The number of alkyl halides is 3. The second-order valence-corrected chi connectivity index (χ2v) is 7.02. The van der Waals surface area contributed by atoms with Crippen molar-refractivity contribution < 1.29 is 13.2 Å². The van der Waals surface area contributed by atoms with Crippen molar-refractivity contribution in [3.05, 3.63) is 101 Å². The Bertz CT molecular complexity index is 1170. The van der Waals surface area contributed by atoms with Crippen LogP contribution in [0.3, 0.4) is 0 Å². The summed E-state index contributed by atoms with van der Waals surface area (Å²) in [5.74, 6) is -0.0897. The van der Waals surface area contributed by atoms with E-state index in [2.05, 4.69) is 25.3 Å². The van der Waals surface area contributed by atoms with Crippen LogP contribution in [0.5, 0.6) is 0 Å². The second-order valence-electron chi connectivity index (χ2n) is 6.59. The molecule has 1 atom stereocenters. The van der Waals surface area contributed by atoms with Crippen molar-refractivity contribution in [2.24, 2.45) is 0 Å². The third-order valence-corrected chi connectivity index (χ3v) is 4.63. The monoisotopic (exact) mass is 441 g/mol.